The number of pyridine rings is 1. The van der Waals surface area contributed by atoms with E-state index in [-0.39, 0.29) is 0 Å². The summed E-state index contributed by atoms with van der Waals surface area (Å²) in [7, 11) is 5.00. The fourth-order valence-electron chi connectivity index (χ4n) is 6.87. The predicted octanol–water partition coefficient (Wildman–Crippen LogP) is 12.9. The van der Waals surface area contributed by atoms with Gasteiger partial charge in [-0.3, -0.25) is 23.7 Å². The first-order valence-corrected chi connectivity index (χ1v) is 25.4. The van der Waals surface area contributed by atoms with Gasteiger partial charge in [0, 0.05) is 60.8 Å². The maximum absolute atomic E-state index is 5.35. The van der Waals surface area contributed by atoms with Crippen LogP contribution in [0.3, 0.4) is 0 Å². The van der Waals surface area contributed by atoms with E-state index >= 15 is 0 Å². The Labute approximate surface area is 439 Å². The van der Waals surface area contributed by atoms with E-state index in [2.05, 4.69) is 129 Å². The van der Waals surface area contributed by atoms with Crippen LogP contribution < -0.4 is 14.2 Å². The zero-order valence-electron chi connectivity index (χ0n) is 46.7. The van der Waals surface area contributed by atoms with Crippen LogP contribution in [0.1, 0.15) is 109 Å². The van der Waals surface area contributed by atoms with Crippen molar-refractivity contribution in [3.63, 3.8) is 0 Å². The molecule has 0 saturated heterocycles. The quantitative estimate of drug-likeness (QED) is 0.0956. The Balaban J connectivity index is 0.000000183. The average Bonchev–Trinajstić information content (AvgIpc) is 4.23. The Hall–Kier alpha value is -7.23. The van der Waals surface area contributed by atoms with Crippen molar-refractivity contribution in [2.24, 2.45) is 21.7 Å². The van der Waals surface area contributed by atoms with Crippen molar-refractivity contribution >= 4 is 0 Å². The fraction of sp³-hybridized carbons (Fsp3) is 0.466. The van der Waals surface area contributed by atoms with Gasteiger partial charge in [-0.15, -0.1) is 20.4 Å². The molecule has 5 heterocycles. The summed E-state index contributed by atoms with van der Waals surface area (Å²) in [5.74, 6) is 2.51. The molecule has 8 aromatic rings. The number of nitrogens with zero attached hydrogens (tertiary/aromatic N) is 13. The summed E-state index contributed by atoms with van der Waals surface area (Å²) < 4.78 is 23.3. The molecule has 16 heteroatoms. The fourth-order valence-corrected chi connectivity index (χ4v) is 6.87. The van der Waals surface area contributed by atoms with Crippen LogP contribution in [0.5, 0.6) is 17.2 Å². The Morgan fingerprint density at radius 1 is 0.392 bits per heavy atom. The minimum absolute atomic E-state index is 0.302. The lowest BCUT2D eigenvalue weighted by Crippen LogP contribution is -2.10. The minimum Gasteiger partial charge on any atom is -0.497 e. The van der Waals surface area contributed by atoms with Crippen LogP contribution in [0.15, 0.2) is 122 Å². The van der Waals surface area contributed by atoms with Crippen LogP contribution in [0.2, 0.25) is 0 Å². The lowest BCUT2D eigenvalue weighted by Gasteiger charge is -2.17. The van der Waals surface area contributed by atoms with Crippen LogP contribution in [0.4, 0.5) is 0 Å². The van der Waals surface area contributed by atoms with Gasteiger partial charge in [-0.1, -0.05) is 128 Å². The molecule has 0 atom stereocenters. The van der Waals surface area contributed by atoms with E-state index in [1.54, 1.807) is 33.7 Å². The van der Waals surface area contributed by atoms with Crippen molar-refractivity contribution in [2.75, 3.05) is 21.3 Å². The highest BCUT2D eigenvalue weighted by atomic mass is 16.5. The number of aromatic nitrogens is 13. The van der Waals surface area contributed by atoms with Gasteiger partial charge in [0.15, 0.2) is 0 Å². The average molecular weight is 1010 g/mol. The topological polar surface area (TPSA) is 163 Å². The molecule has 0 aliphatic carbocycles. The van der Waals surface area contributed by atoms with Crippen molar-refractivity contribution in [3.8, 4) is 62.3 Å². The highest BCUT2D eigenvalue weighted by Crippen LogP contribution is 2.29. The van der Waals surface area contributed by atoms with Crippen molar-refractivity contribution in [2.45, 2.75) is 135 Å². The molecule has 0 spiro atoms. The largest absolute Gasteiger partial charge is 0.497 e. The molecular formula is C58H81N13O3. The third kappa shape index (κ3) is 20.3. The molecular weight excluding hydrogens is 927 g/mol. The summed E-state index contributed by atoms with van der Waals surface area (Å²) in [6, 6.07) is 27.5. The first kappa shape index (κ1) is 57.7. The molecule has 8 rings (SSSR count). The molecule has 0 fully saturated rings. The first-order chi connectivity index (χ1) is 35.0. The van der Waals surface area contributed by atoms with Gasteiger partial charge < -0.3 is 14.2 Å². The second-order valence-electron chi connectivity index (χ2n) is 23.1. The molecule has 0 radical (unpaired) electrons. The second kappa shape index (κ2) is 26.6. The zero-order valence-corrected chi connectivity index (χ0v) is 46.7. The summed E-state index contributed by atoms with van der Waals surface area (Å²) in [6.07, 6.45) is 15.8. The first-order valence-electron chi connectivity index (χ1n) is 25.4. The van der Waals surface area contributed by atoms with Gasteiger partial charge in [0.2, 0.25) is 0 Å². The Bertz CT molecular complexity index is 2850. The van der Waals surface area contributed by atoms with Gasteiger partial charge in [-0.25, -0.2) is 0 Å². The molecule has 0 amide bonds. The third-order valence-corrected chi connectivity index (χ3v) is 11.6. The number of hydrogen-bond donors (Lipinski definition) is 0. The molecule has 16 nitrogen and oxygen atoms in total. The van der Waals surface area contributed by atoms with Crippen LogP contribution in [0, 0.1) is 21.7 Å². The number of methoxy groups -OCH3 is 3. The number of rotatable bonds is 15. The molecule has 5 aromatic heterocycles. The maximum atomic E-state index is 5.35. The normalized spacial score (nSPS) is 11.6. The summed E-state index contributed by atoms with van der Waals surface area (Å²) in [6.45, 7) is 30.3. The number of para-hydroxylation sites is 1. The van der Waals surface area contributed by atoms with Crippen molar-refractivity contribution in [3.05, 3.63) is 122 Å². The Morgan fingerprint density at radius 2 is 0.811 bits per heavy atom. The van der Waals surface area contributed by atoms with E-state index in [4.69, 9.17) is 14.2 Å². The molecule has 3 aromatic carbocycles. The number of hydrogen-bond acceptors (Lipinski definition) is 12. The Morgan fingerprint density at radius 3 is 1.24 bits per heavy atom. The van der Waals surface area contributed by atoms with Crippen molar-refractivity contribution in [1.82, 2.24) is 65.0 Å². The molecule has 0 N–H and O–H groups in total. The van der Waals surface area contributed by atoms with E-state index < -0.39 is 0 Å². The van der Waals surface area contributed by atoms with Gasteiger partial charge in [0.25, 0.3) is 0 Å². The maximum Gasteiger partial charge on any atom is 0.128 e. The van der Waals surface area contributed by atoms with E-state index in [0.29, 0.717) is 21.7 Å². The SMILES string of the molecule is CC(C)(C)CCn1cc(-c2cccnc2)nn1.COc1ccc(-c2cn(CCC(C)(C)C)nn2)cc1.COc1cccc(-c2cn(CCC(C)(C)C)nn2)c1.COc1ccccc1-c1cn(CCC(C)(C)C)nn1. The van der Waals surface area contributed by atoms with E-state index in [9.17, 15) is 0 Å². The molecule has 0 bridgehead atoms. The van der Waals surface area contributed by atoms with Crippen LogP contribution in [0.25, 0.3) is 45.0 Å². The van der Waals surface area contributed by atoms with Crippen molar-refractivity contribution in [1.29, 1.82) is 0 Å². The number of benzene rings is 3. The minimum atomic E-state index is 0.302. The van der Waals surface area contributed by atoms with Gasteiger partial charge >= 0.3 is 0 Å². The van der Waals surface area contributed by atoms with Gasteiger partial charge in [0.05, 0.1) is 46.1 Å². The highest BCUT2D eigenvalue weighted by Gasteiger charge is 2.16. The molecule has 396 valence electrons. The molecule has 0 aliphatic heterocycles. The molecule has 0 unspecified atom stereocenters. The standard InChI is InChI=1S/3C15H21N3O.C13H18N4/c1-15(2,3)9-10-18-11-14(16-17-18)12-5-7-13(19-4)8-6-12;1-15(2,3)8-9-18-11-14(16-17-18)12-6-5-7-13(10-12)19-4;1-15(2,3)9-10-18-11-13(16-17-18)12-7-5-6-8-14(12)19-4;1-13(2,3)6-8-17-10-12(15-16-17)11-5-4-7-14-9-11/h5-8,11H,9-10H2,1-4H3;5-7,10-11H,8-9H2,1-4H3;5-8,11H,9-10H2,1-4H3;4-5,7,9-10H,6,8H2,1-3H3. The van der Waals surface area contributed by atoms with E-state index in [0.717, 1.165) is 114 Å². The summed E-state index contributed by atoms with van der Waals surface area (Å²) in [5, 5.41) is 33.5. The van der Waals surface area contributed by atoms with Crippen LogP contribution in [-0.2, 0) is 26.2 Å². The lowest BCUT2D eigenvalue weighted by atomic mass is 9.92. The smallest absolute Gasteiger partial charge is 0.128 e. The van der Waals surface area contributed by atoms with Crippen molar-refractivity contribution < 1.29 is 14.2 Å². The molecule has 0 aliphatic rings. The Kier molecular flexibility index (Phi) is 20.8. The van der Waals surface area contributed by atoms with Crippen LogP contribution >= 0.6 is 0 Å². The van der Waals surface area contributed by atoms with E-state index in [1.165, 1.54) is 0 Å². The van der Waals surface area contributed by atoms with Gasteiger partial charge in [-0.2, -0.15) is 0 Å². The molecule has 0 saturated carbocycles. The number of aryl methyl sites for hydroxylation is 4. The lowest BCUT2D eigenvalue weighted by molar-refractivity contribution is 0.338. The highest BCUT2D eigenvalue weighted by molar-refractivity contribution is 5.66. The zero-order chi connectivity index (χ0) is 53.9. The summed E-state index contributed by atoms with van der Waals surface area (Å²) in [5.41, 5.74) is 8.83. The van der Waals surface area contributed by atoms with E-state index in [1.807, 2.05) is 128 Å². The van der Waals surface area contributed by atoms with Crippen LogP contribution in [-0.4, -0.2) is 86.3 Å². The monoisotopic (exact) mass is 1010 g/mol. The van der Waals surface area contributed by atoms with Gasteiger partial charge in [-0.05, 0) is 108 Å². The molecule has 74 heavy (non-hydrogen) atoms. The number of ether oxygens (including phenoxy) is 3. The second-order valence-corrected chi connectivity index (χ2v) is 23.1. The predicted molar refractivity (Wildman–Crippen MR) is 296 cm³/mol. The van der Waals surface area contributed by atoms with Gasteiger partial charge in [0.1, 0.15) is 40.0 Å². The summed E-state index contributed by atoms with van der Waals surface area (Å²) >= 11 is 0. The summed E-state index contributed by atoms with van der Waals surface area (Å²) in [4.78, 5) is 4.08. The third-order valence-electron chi connectivity index (χ3n) is 11.6.